The summed E-state index contributed by atoms with van der Waals surface area (Å²) in [6.07, 6.45) is 0. The molecule has 2 aromatic carbocycles. The van der Waals surface area contributed by atoms with E-state index in [1.54, 1.807) is 14.0 Å². The van der Waals surface area contributed by atoms with Gasteiger partial charge in [-0.15, -0.1) is 5.10 Å². The van der Waals surface area contributed by atoms with Crippen molar-refractivity contribution in [3.8, 4) is 17.0 Å². The van der Waals surface area contributed by atoms with Gasteiger partial charge in [-0.1, -0.05) is 0 Å². The van der Waals surface area contributed by atoms with Gasteiger partial charge in [-0.3, -0.25) is 0 Å². The number of carbonyl (C=O) groups is 1. The number of aryl methyl sites for hydroxylation is 2. The molecule has 2 N–H and O–H groups in total. The van der Waals surface area contributed by atoms with E-state index < -0.39 is 5.97 Å². The average molecular weight is 364 g/mol. The third-order valence-corrected chi connectivity index (χ3v) is 4.81. The minimum Gasteiger partial charge on any atom is -0.497 e. The molecule has 4 rings (SSSR count). The fourth-order valence-electron chi connectivity index (χ4n) is 3.52. The van der Waals surface area contributed by atoms with Gasteiger partial charge >= 0.3 is 5.97 Å². The van der Waals surface area contributed by atoms with Crippen LogP contribution in [0.15, 0.2) is 24.3 Å². The lowest BCUT2D eigenvalue weighted by atomic mass is 9.96. The number of rotatable bonds is 4. The molecule has 0 amide bonds. The Bertz CT molecular complexity index is 1170. The van der Waals surface area contributed by atoms with E-state index in [4.69, 9.17) is 9.47 Å². The average Bonchev–Trinajstić information content (AvgIpc) is 3.29. The van der Waals surface area contributed by atoms with Crippen molar-refractivity contribution in [3.05, 3.63) is 41.1 Å². The zero-order valence-electron chi connectivity index (χ0n) is 15.6. The minimum absolute atomic E-state index is 0.191. The number of nitrogens with one attached hydrogen (secondary N) is 2. The van der Waals surface area contributed by atoms with Crippen LogP contribution in [0, 0.1) is 13.8 Å². The number of hydrogen-bond acceptors (Lipinski definition) is 5. The van der Waals surface area contributed by atoms with Crippen LogP contribution < -0.4 is 4.74 Å². The summed E-state index contributed by atoms with van der Waals surface area (Å²) >= 11 is 0. The Morgan fingerprint density at radius 2 is 2.00 bits per heavy atom. The standard InChI is InChI=1S/C20H20N4O3/c1-5-27-20(25)19-18(22-24-23-19)13-8-10(2)17-16(11(13)3)14-9-12(26-4)6-7-15(14)21-17/h6-9,21H,5H2,1-4H3,(H,22,23,24). The predicted molar refractivity (Wildman–Crippen MR) is 103 cm³/mol. The third-order valence-electron chi connectivity index (χ3n) is 4.81. The molecular weight excluding hydrogens is 344 g/mol. The van der Waals surface area contributed by atoms with E-state index in [0.29, 0.717) is 5.69 Å². The Morgan fingerprint density at radius 3 is 2.74 bits per heavy atom. The lowest BCUT2D eigenvalue weighted by Gasteiger charge is -2.09. The number of methoxy groups -OCH3 is 1. The van der Waals surface area contributed by atoms with Crippen LogP contribution in [0.25, 0.3) is 33.1 Å². The van der Waals surface area contributed by atoms with Gasteiger partial charge in [0.2, 0.25) is 0 Å². The molecule has 0 saturated carbocycles. The molecule has 0 spiro atoms. The van der Waals surface area contributed by atoms with Crippen LogP contribution in [-0.4, -0.2) is 40.1 Å². The topological polar surface area (TPSA) is 92.9 Å². The second kappa shape index (κ2) is 6.42. The molecule has 7 nitrogen and oxygen atoms in total. The molecule has 0 atom stereocenters. The third kappa shape index (κ3) is 2.63. The number of ether oxygens (including phenoxy) is 2. The summed E-state index contributed by atoms with van der Waals surface area (Å²) in [6, 6.07) is 7.97. The normalized spacial score (nSPS) is 11.3. The van der Waals surface area contributed by atoms with Gasteiger partial charge < -0.3 is 14.5 Å². The zero-order chi connectivity index (χ0) is 19.1. The van der Waals surface area contributed by atoms with Crippen LogP contribution in [0.4, 0.5) is 0 Å². The van der Waals surface area contributed by atoms with Crippen molar-refractivity contribution in [2.45, 2.75) is 20.8 Å². The van der Waals surface area contributed by atoms with E-state index in [9.17, 15) is 4.79 Å². The summed E-state index contributed by atoms with van der Waals surface area (Å²) in [7, 11) is 1.65. The molecule has 0 bridgehead atoms. The van der Waals surface area contributed by atoms with Crippen molar-refractivity contribution < 1.29 is 14.3 Å². The number of fused-ring (bicyclic) bond motifs is 3. The summed E-state index contributed by atoms with van der Waals surface area (Å²) in [6.45, 7) is 6.10. The van der Waals surface area contributed by atoms with E-state index in [0.717, 1.165) is 44.2 Å². The van der Waals surface area contributed by atoms with Crippen molar-refractivity contribution in [1.82, 2.24) is 20.4 Å². The zero-order valence-corrected chi connectivity index (χ0v) is 15.6. The largest absolute Gasteiger partial charge is 0.497 e. The molecule has 27 heavy (non-hydrogen) atoms. The number of esters is 1. The van der Waals surface area contributed by atoms with Gasteiger partial charge in [0.1, 0.15) is 11.4 Å². The highest BCUT2D eigenvalue weighted by atomic mass is 16.5. The molecule has 0 unspecified atom stereocenters. The molecule has 0 aliphatic heterocycles. The summed E-state index contributed by atoms with van der Waals surface area (Å²) in [5.41, 5.74) is 5.68. The lowest BCUT2D eigenvalue weighted by molar-refractivity contribution is 0.0520. The minimum atomic E-state index is -0.487. The first-order valence-corrected chi connectivity index (χ1v) is 8.73. The second-order valence-corrected chi connectivity index (χ2v) is 6.39. The van der Waals surface area contributed by atoms with Gasteiger partial charge in [0.05, 0.1) is 13.7 Å². The molecule has 7 heteroatoms. The molecule has 0 saturated heterocycles. The van der Waals surface area contributed by atoms with Gasteiger partial charge in [0.25, 0.3) is 0 Å². The first-order valence-electron chi connectivity index (χ1n) is 8.73. The quantitative estimate of drug-likeness (QED) is 0.536. The van der Waals surface area contributed by atoms with Gasteiger partial charge in [0, 0.05) is 27.4 Å². The lowest BCUT2D eigenvalue weighted by Crippen LogP contribution is -2.07. The number of nitrogens with zero attached hydrogens (tertiary/aromatic N) is 2. The summed E-state index contributed by atoms with van der Waals surface area (Å²) in [5.74, 6) is 0.304. The van der Waals surface area contributed by atoms with E-state index in [1.807, 2.05) is 38.1 Å². The Morgan fingerprint density at radius 1 is 1.19 bits per heavy atom. The number of H-pyrrole nitrogens is 2. The first-order chi connectivity index (χ1) is 13.0. The number of aromatic nitrogens is 4. The molecule has 0 aliphatic rings. The summed E-state index contributed by atoms with van der Waals surface area (Å²) < 4.78 is 10.5. The molecule has 4 aromatic rings. The maximum absolute atomic E-state index is 12.2. The number of benzene rings is 2. The Labute approximate surface area is 155 Å². The van der Waals surface area contributed by atoms with E-state index in [1.165, 1.54) is 0 Å². The van der Waals surface area contributed by atoms with Gasteiger partial charge in [-0.05, 0) is 56.2 Å². The SMILES string of the molecule is CCOC(=O)c1n[nH]nc1-c1cc(C)c2[nH]c3ccc(OC)cc3c2c1C. The maximum Gasteiger partial charge on any atom is 0.361 e. The van der Waals surface area contributed by atoms with Crippen LogP contribution >= 0.6 is 0 Å². The number of aromatic amines is 2. The monoisotopic (exact) mass is 364 g/mol. The van der Waals surface area contributed by atoms with Crippen LogP contribution in [0.1, 0.15) is 28.5 Å². The Kier molecular flexibility index (Phi) is 4.07. The van der Waals surface area contributed by atoms with Crippen LogP contribution in [0.2, 0.25) is 0 Å². The molecule has 2 heterocycles. The van der Waals surface area contributed by atoms with Crippen molar-refractivity contribution in [2.24, 2.45) is 0 Å². The van der Waals surface area contributed by atoms with Gasteiger partial charge in [-0.2, -0.15) is 10.3 Å². The molecule has 0 radical (unpaired) electrons. The van der Waals surface area contributed by atoms with Crippen molar-refractivity contribution in [2.75, 3.05) is 13.7 Å². The van der Waals surface area contributed by atoms with Crippen LogP contribution in [0.3, 0.4) is 0 Å². The Hall–Kier alpha value is -3.35. The number of carbonyl (C=O) groups excluding carboxylic acids is 1. The van der Waals surface area contributed by atoms with E-state index in [2.05, 4.69) is 20.4 Å². The van der Waals surface area contributed by atoms with E-state index >= 15 is 0 Å². The fourth-order valence-corrected chi connectivity index (χ4v) is 3.52. The van der Waals surface area contributed by atoms with Gasteiger partial charge in [-0.25, -0.2) is 4.79 Å². The molecule has 0 aliphatic carbocycles. The first kappa shape index (κ1) is 17.1. The van der Waals surface area contributed by atoms with Crippen molar-refractivity contribution in [3.63, 3.8) is 0 Å². The summed E-state index contributed by atoms with van der Waals surface area (Å²) in [4.78, 5) is 15.7. The van der Waals surface area contributed by atoms with Crippen molar-refractivity contribution in [1.29, 1.82) is 0 Å². The highest BCUT2D eigenvalue weighted by Crippen LogP contribution is 2.37. The molecular formula is C20H20N4O3. The Balaban J connectivity index is 2.01. The highest BCUT2D eigenvalue weighted by Gasteiger charge is 2.23. The van der Waals surface area contributed by atoms with E-state index in [-0.39, 0.29) is 12.3 Å². The molecule has 0 fully saturated rings. The second-order valence-electron chi connectivity index (χ2n) is 6.39. The maximum atomic E-state index is 12.2. The van der Waals surface area contributed by atoms with Gasteiger partial charge in [0.15, 0.2) is 5.69 Å². The van der Waals surface area contributed by atoms with Crippen LogP contribution in [-0.2, 0) is 4.74 Å². The molecule has 138 valence electrons. The summed E-state index contributed by atoms with van der Waals surface area (Å²) in [5, 5.41) is 12.9. The smallest absolute Gasteiger partial charge is 0.361 e. The predicted octanol–water partition coefficient (Wildman–Crippen LogP) is 3.91. The highest BCUT2D eigenvalue weighted by molar-refractivity contribution is 6.12. The van der Waals surface area contributed by atoms with Crippen molar-refractivity contribution >= 4 is 27.8 Å². The molecule has 2 aromatic heterocycles. The van der Waals surface area contributed by atoms with Crippen LogP contribution in [0.5, 0.6) is 5.75 Å². The fraction of sp³-hybridized carbons (Fsp3) is 0.250. The number of hydrogen-bond donors (Lipinski definition) is 2.